The number of carbonyl (C=O) groups is 2. The van der Waals surface area contributed by atoms with Crippen molar-refractivity contribution in [3.05, 3.63) is 65.1 Å². The smallest absolute Gasteiger partial charge is 0.263 e. The molecule has 8 nitrogen and oxygen atoms in total. The maximum Gasteiger partial charge on any atom is 0.263 e. The maximum atomic E-state index is 12.6. The van der Waals surface area contributed by atoms with Gasteiger partial charge >= 0.3 is 0 Å². The van der Waals surface area contributed by atoms with Crippen molar-refractivity contribution < 1.29 is 18.0 Å². The second kappa shape index (κ2) is 8.66. The highest BCUT2D eigenvalue weighted by molar-refractivity contribution is 7.93. The molecule has 4 rings (SSSR count). The first-order valence-corrected chi connectivity index (χ1v) is 11.9. The van der Waals surface area contributed by atoms with Crippen LogP contribution in [0.4, 0.5) is 16.5 Å². The molecule has 0 unspecified atom stereocenters. The topological polar surface area (TPSA) is 108 Å². The number of hydrogen-bond donors (Lipinski definition) is 2. The monoisotopic (exact) mass is 476 g/mol. The Kier molecular flexibility index (Phi) is 5.94. The summed E-state index contributed by atoms with van der Waals surface area (Å²) in [5, 5.41) is 5.25. The molecule has 0 aliphatic carbocycles. The van der Waals surface area contributed by atoms with Crippen LogP contribution in [0.3, 0.4) is 0 Å². The lowest BCUT2D eigenvalue weighted by molar-refractivity contribution is -0.122. The van der Waals surface area contributed by atoms with Crippen molar-refractivity contribution in [3.8, 4) is 0 Å². The molecule has 2 N–H and O–H groups in total. The number of halogens is 1. The van der Waals surface area contributed by atoms with E-state index >= 15 is 0 Å². The van der Waals surface area contributed by atoms with Gasteiger partial charge in [-0.2, -0.15) is 0 Å². The van der Waals surface area contributed by atoms with E-state index < -0.39 is 15.9 Å². The van der Waals surface area contributed by atoms with Crippen LogP contribution >= 0.6 is 22.9 Å². The fraction of sp³-hybridized carbons (Fsp3) is 0.150. The number of carbonyl (C=O) groups excluding carboxylic acids is 2. The summed E-state index contributed by atoms with van der Waals surface area (Å²) in [6, 6.07) is 12.6. The van der Waals surface area contributed by atoms with E-state index in [4.69, 9.17) is 11.6 Å². The fourth-order valence-electron chi connectivity index (χ4n) is 3.16. The van der Waals surface area contributed by atoms with Gasteiger partial charge in [-0.05, 0) is 48.5 Å². The van der Waals surface area contributed by atoms with Crippen LogP contribution in [0.15, 0.2) is 65.0 Å². The number of hydrogen-bond acceptors (Lipinski definition) is 6. The minimum atomic E-state index is -3.77. The summed E-state index contributed by atoms with van der Waals surface area (Å²) in [5.74, 6) is -0.961. The molecule has 2 aromatic carbocycles. The number of anilines is 3. The Morgan fingerprint density at radius 3 is 2.48 bits per heavy atom. The Hall–Kier alpha value is -2.95. The molecular weight excluding hydrogens is 460 g/mol. The number of amides is 2. The van der Waals surface area contributed by atoms with E-state index in [9.17, 15) is 18.0 Å². The van der Waals surface area contributed by atoms with Crippen molar-refractivity contribution in [3.63, 3.8) is 0 Å². The van der Waals surface area contributed by atoms with Gasteiger partial charge in [0.15, 0.2) is 5.13 Å². The molecule has 1 atom stereocenters. The Balaban J connectivity index is 1.40. The van der Waals surface area contributed by atoms with Crippen LogP contribution in [-0.2, 0) is 19.6 Å². The van der Waals surface area contributed by atoms with Gasteiger partial charge in [-0.15, -0.1) is 11.3 Å². The van der Waals surface area contributed by atoms with E-state index in [1.165, 1.54) is 41.8 Å². The molecule has 3 aromatic rings. The molecule has 1 aliphatic rings. The summed E-state index contributed by atoms with van der Waals surface area (Å²) in [5.41, 5.74) is 1.13. The lowest BCUT2D eigenvalue weighted by Gasteiger charge is -2.17. The first-order valence-electron chi connectivity index (χ1n) is 9.21. The van der Waals surface area contributed by atoms with Crippen molar-refractivity contribution in [2.24, 2.45) is 5.92 Å². The van der Waals surface area contributed by atoms with Gasteiger partial charge in [0.2, 0.25) is 11.8 Å². The van der Waals surface area contributed by atoms with Crippen LogP contribution in [0.25, 0.3) is 0 Å². The predicted octanol–water partition coefficient (Wildman–Crippen LogP) is 3.59. The molecule has 11 heteroatoms. The Labute approximate surface area is 187 Å². The first kappa shape index (κ1) is 21.3. The fourth-order valence-corrected chi connectivity index (χ4v) is 5.08. The number of nitrogens with zero attached hydrogens (tertiary/aromatic N) is 2. The number of sulfonamides is 1. The second-order valence-electron chi connectivity index (χ2n) is 6.84. The third-order valence-electron chi connectivity index (χ3n) is 4.72. The van der Waals surface area contributed by atoms with Crippen molar-refractivity contribution in [2.45, 2.75) is 11.3 Å². The summed E-state index contributed by atoms with van der Waals surface area (Å²) < 4.78 is 27.2. The van der Waals surface area contributed by atoms with E-state index in [1.807, 2.05) is 0 Å². The van der Waals surface area contributed by atoms with Crippen LogP contribution in [0.2, 0.25) is 5.02 Å². The number of thiazole rings is 1. The number of aromatic nitrogens is 1. The molecule has 1 aromatic heterocycles. The molecule has 1 aliphatic heterocycles. The quantitative estimate of drug-likeness (QED) is 0.565. The molecule has 0 saturated carbocycles. The molecule has 160 valence electrons. The molecule has 0 spiro atoms. The molecule has 1 fully saturated rings. The summed E-state index contributed by atoms with van der Waals surface area (Å²) in [6.07, 6.45) is 1.60. The standard InChI is InChI=1S/C20H17ClN4O4S2/c21-14-1-5-16(6-2-14)25-12-13(11-18(25)26)19(27)23-15-3-7-17(8-4-15)31(28,29)24-20-22-9-10-30-20/h1-10,13H,11-12H2,(H,22,24)(H,23,27)/t13-/m1/s1. The van der Waals surface area contributed by atoms with Crippen molar-refractivity contribution in [1.82, 2.24) is 4.98 Å². The minimum Gasteiger partial charge on any atom is -0.326 e. The number of rotatable bonds is 6. The largest absolute Gasteiger partial charge is 0.326 e. The van der Waals surface area contributed by atoms with Crippen LogP contribution in [0.5, 0.6) is 0 Å². The Morgan fingerprint density at radius 1 is 1.13 bits per heavy atom. The third-order valence-corrected chi connectivity index (χ3v) is 7.14. The van der Waals surface area contributed by atoms with Gasteiger partial charge in [-0.1, -0.05) is 11.6 Å². The van der Waals surface area contributed by atoms with Crippen molar-refractivity contribution in [2.75, 3.05) is 21.5 Å². The van der Waals surface area contributed by atoms with Gasteiger partial charge in [-0.25, -0.2) is 13.4 Å². The summed E-state index contributed by atoms with van der Waals surface area (Å²) in [7, 11) is -3.77. The highest BCUT2D eigenvalue weighted by Crippen LogP contribution is 2.27. The zero-order valence-corrected chi connectivity index (χ0v) is 18.4. The van der Waals surface area contributed by atoms with Gasteiger partial charge in [0.25, 0.3) is 10.0 Å². The van der Waals surface area contributed by atoms with E-state index in [0.717, 1.165) is 0 Å². The average Bonchev–Trinajstić information content (AvgIpc) is 3.38. The summed E-state index contributed by atoms with van der Waals surface area (Å²) in [4.78, 5) is 30.5. The highest BCUT2D eigenvalue weighted by Gasteiger charge is 2.35. The Bertz CT molecular complexity index is 1200. The lowest BCUT2D eigenvalue weighted by Crippen LogP contribution is -2.28. The van der Waals surface area contributed by atoms with Crippen LogP contribution < -0.4 is 14.9 Å². The third kappa shape index (κ3) is 4.87. The predicted molar refractivity (Wildman–Crippen MR) is 120 cm³/mol. The Morgan fingerprint density at radius 2 is 1.84 bits per heavy atom. The van der Waals surface area contributed by atoms with Gasteiger partial charge in [0, 0.05) is 40.9 Å². The van der Waals surface area contributed by atoms with Gasteiger partial charge in [-0.3, -0.25) is 14.3 Å². The van der Waals surface area contributed by atoms with Crippen molar-refractivity contribution >= 4 is 61.3 Å². The zero-order chi connectivity index (χ0) is 22.0. The van der Waals surface area contributed by atoms with E-state index in [0.29, 0.717) is 16.4 Å². The van der Waals surface area contributed by atoms with Gasteiger partial charge < -0.3 is 10.2 Å². The van der Waals surface area contributed by atoms with E-state index in [2.05, 4.69) is 15.0 Å². The van der Waals surface area contributed by atoms with Crippen LogP contribution in [-0.4, -0.2) is 31.8 Å². The van der Waals surface area contributed by atoms with Crippen molar-refractivity contribution in [1.29, 1.82) is 0 Å². The molecule has 31 heavy (non-hydrogen) atoms. The van der Waals surface area contributed by atoms with Crippen LogP contribution in [0, 0.1) is 5.92 Å². The molecule has 0 radical (unpaired) electrons. The average molecular weight is 477 g/mol. The van der Waals surface area contributed by atoms with E-state index in [1.54, 1.807) is 34.5 Å². The first-order chi connectivity index (χ1) is 14.8. The highest BCUT2D eigenvalue weighted by atomic mass is 35.5. The number of benzene rings is 2. The maximum absolute atomic E-state index is 12.6. The molecule has 2 amide bonds. The van der Waals surface area contributed by atoms with Crippen LogP contribution in [0.1, 0.15) is 6.42 Å². The molecule has 0 bridgehead atoms. The second-order valence-corrected chi connectivity index (χ2v) is 9.85. The molecule has 1 saturated heterocycles. The van der Waals surface area contributed by atoms with Gasteiger partial charge in [0.05, 0.1) is 10.8 Å². The SMILES string of the molecule is O=C(Nc1ccc(S(=O)(=O)Nc2nccs2)cc1)[C@@H]1CC(=O)N(c2ccc(Cl)cc2)C1. The lowest BCUT2D eigenvalue weighted by atomic mass is 10.1. The zero-order valence-electron chi connectivity index (χ0n) is 16.0. The molecule has 2 heterocycles. The summed E-state index contributed by atoms with van der Waals surface area (Å²) in [6.45, 7) is 0.260. The molecular formula is C20H17ClN4O4S2. The normalized spacial score (nSPS) is 16.4. The minimum absolute atomic E-state index is 0.0469. The number of nitrogens with one attached hydrogen (secondary N) is 2. The summed E-state index contributed by atoms with van der Waals surface area (Å²) >= 11 is 7.06. The van der Waals surface area contributed by atoms with E-state index in [-0.39, 0.29) is 34.8 Å². The van der Waals surface area contributed by atoms with Gasteiger partial charge in [0.1, 0.15) is 0 Å².